The summed E-state index contributed by atoms with van der Waals surface area (Å²) in [6, 6.07) is 4.33. The maximum absolute atomic E-state index is 12.2. The zero-order valence-corrected chi connectivity index (χ0v) is 14.3. The van der Waals surface area contributed by atoms with Gasteiger partial charge in [0.25, 0.3) is 0 Å². The number of likely N-dealkylation sites (tertiary alicyclic amines) is 1. The van der Waals surface area contributed by atoms with Gasteiger partial charge in [-0.2, -0.15) is 0 Å². The molecule has 1 amide bonds. The van der Waals surface area contributed by atoms with Crippen LogP contribution in [0.15, 0.2) is 22.8 Å². The van der Waals surface area contributed by atoms with Gasteiger partial charge in [0.05, 0.1) is 12.3 Å². The van der Waals surface area contributed by atoms with Crippen LogP contribution in [0, 0.1) is 0 Å². The van der Waals surface area contributed by atoms with Gasteiger partial charge in [-0.3, -0.25) is 4.90 Å². The summed E-state index contributed by atoms with van der Waals surface area (Å²) in [6.45, 7) is 9.70. The molecule has 0 bridgehead atoms. The Morgan fingerprint density at radius 3 is 2.82 bits per heavy atom. The van der Waals surface area contributed by atoms with Crippen molar-refractivity contribution in [1.29, 1.82) is 0 Å². The fourth-order valence-corrected chi connectivity index (χ4v) is 2.84. The molecule has 1 saturated heterocycles. The van der Waals surface area contributed by atoms with Crippen LogP contribution in [0.4, 0.5) is 4.79 Å². The number of carbonyl (C=O) groups is 1. The van der Waals surface area contributed by atoms with Crippen molar-refractivity contribution < 1.29 is 13.9 Å². The number of piperidine rings is 1. The number of amides is 1. The molecule has 2 heterocycles. The Bertz CT molecular complexity index is 479. The fraction of sp³-hybridized carbons (Fsp3) is 0.706. The van der Waals surface area contributed by atoms with Crippen molar-refractivity contribution in [3.05, 3.63) is 24.2 Å². The number of carbonyl (C=O) groups excluding carboxylic acids is 1. The number of likely N-dealkylation sites (N-methyl/N-ethyl adjacent to an activating group) is 1. The molecule has 1 aromatic heterocycles. The van der Waals surface area contributed by atoms with Crippen molar-refractivity contribution in [3.8, 4) is 0 Å². The third kappa shape index (κ3) is 4.26. The molecule has 0 radical (unpaired) electrons. The number of ether oxygens (including phenoxy) is 1. The largest absolute Gasteiger partial charge is 0.468 e. The molecule has 5 nitrogen and oxygen atoms in total. The highest BCUT2D eigenvalue weighted by atomic mass is 16.6. The van der Waals surface area contributed by atoms with Crippen LogP contribution in [0.3, 0.4) is 0 Å². The molecule has 22 heavy (non-hydrogen) atoms. The summed E-state index contributed by atoms with van der Waals surface area (Å²) in [5, 5.41) is 0. The van der Waals surface area contributed by atoms with E-state index in [0.29, 0.717) is 0 Å². The second-order valence-corrected chi connectivity index (χ2v) is 7.07. The first kappa shape index (κ1) is 16.9. The lowest BCUT2D eigenvalue weighted by Gasteiger charge is -2.40. The number of hydrogen-bond acceptors (Lipinski definition) is 4. The number of furan rings is 1. The maximum Gasteiger partial charge on any atom is 0.410 e. The molecule has 0 N–H and O–H groups in total. The van der Waals surface area contributed by atoms with Gasteiger partial charge in [0.15, 0.2) is 0 Å². The van der Waals surface area contributed by atoms with E-state index in [1.165, 1.54) is 0 Å². The average Bonchev–Trinajstić information content (AvgIpc) is 2.98. The second kappa shape index (κ2) is 6.73. The molecule has 0 saturated carbocycles. The number of rotatable bonds is 3. The van der Waals surface area contributed by atoms with E-state index in [2.05, 4.69) is 11.8 Å². The molecule has 2 atom stereocenters. The van der Waals surface area contributed by atoms with Gasteiger partial charge >= 0.3 is 6.09 Å². The molecule has 1 fully saturated rings. The van der Waals surface area contributed by atoms with E-state index in [0.717, 1.165) is 31.7 Å². The third-order valence-electron chi connectivity index (χ3n) is 4.16. The molecule has 0 spiro atoms. The maximum atomic E-state index is 12.2. The summed E-state index contributed by atoms with van der Waals surface area (Å²) < 4.78 is 11.0. The smallest absolute Gasteiger partial charge is 0.410 e. The van der Waals surface area contributed by atoms with Crippen LogP contribution in [-0.2, 0) is 4.74 Å². The summed E-state index contributed by atoms with van der Waals surface area (Å²) in [7, 11) is 1.83. The zero-order chi connectivity index (χ0) is 16.3. The van der Waals surface area contributed by atoms with Crippen LogP contribution in [0.5, 0.6) is 0 Å². The van der Waals surface area contributed by atoms with Gasteiger partial charge in [-0.1, -0.05) is 0 Å². The SMILES string of the molecule is C[C@H](c1ccco1)N1CCC[C@H](N(C)C(=O)OC(C)(C)C)C1. The standard InChI is InChI=1S/C17H28N2O3/c1-13(15-9-7-11-21-15)19-10-6-8-14(12-19)18(5)16(20)22-17(2,3)4/h7,9,11,13-14H,6,8,10,12H2,1-5H3/t13-,14+/m1/s1. The van der Waals surface area contributed by atoms with Crippen LogP contribution >= 0.6 is 0 Å². The van der Waals surface area contributed by atoms with E-state index in [4.69, 9.17) is 9.15 Å². The van der Waals surface area contributed by atoms with Crippen molar-refractivity contribution in [3.63, 3.8) is 0 Å². The van der Waals surface area contributed by atoms with Crippen molar-refractivity contribution in [1.82, 2.24) is 9.80 Å². The topological polar surface area (TPSA) is 45.9 Å². The second-order valence-electron chi connectivity index (χ2n) is 7.07. The molecular weight excluding hydrogens is 280 g/mol. The quantitative estimate of drug-likeness (QED) is 0.854. The van der Waals surface area contributed by atoms with Gasteiger partial charge < -0.3 is 14.1 Å². The van der Waals surface area contributed by atoms with Gasteiger partial charge in [-0.05, 0) is 59.2 Å². The molecule has 0 aliphatic carbocycles. The molecule has 0 unspecified atom stereocenters. The Balaban J connectivity index is 1.96. The Morgan fingerprint density at radius 1 is 1.50 bits per heavy atom. The molecule has 124 valence electrons. The van der Waals surface area contributed by atoms with E-state index < -0.39 is 5.60 Å². The van der Waals surface area contributed by atoms with Gasteiger partial charge in [0.2, 0.25) is 0 Å². The first-order valence-corrected chi connectivity index (χ1v) is 8.01. The minimum atomic E-state index is -0.457. The Kier molecular flexibility index (Phi) is 5.16. The zero-order valence-electron chi connectivity index (χ0n) is 14.3. The first-order valence-electron chi connectivity index (χ1n) is 8.01. The lowest BCUT2D eigenvalue weighted by atomic mass is 10.0. The van der Waals surface area contributed by atoms with Gasteiger partial charge in [0, 0.05) is 19.6 Å². The summed E-state index contributed by atoms with van der Waals surface area (Å²) in [5.41, 5.74) is -0.457. The summed E-state index contributed by atoms with van der Waals surface area (Å²) in [4.78, 5) is 16.3. The van der Waals surface area contributed by atoms with Crippen LogP contribution in [0.2, 0.25) is 0 Å². The van der Waals surface area contributed by atoms with Crippen molar-refractivity contribution >= 4 is 6.09 Å². The summed E-state index contributed by atoms with van der Waals surface area (Å²) >= 11 is 0. The fourth-order valence-electron chi connectivity index (χ4n) is 2.84. The molecule has 2 rings (SSSR count). The monoisotopic (exact) mass is 308 g/mol. The molecule has 1 aromatic rings. The normalized spacial score (nSPS) is 21.4. The highest BCUT2D eigenvalue weighted by molar-refractivity contribution is 5.68. The number of nitrogens with zero attached hydrogens (tertiary/aromatic N) is 2. The van der Waals surface area contributed by atoms with Crippen LogP contribution in [-0.4, -0.2) is 47.7 Å². The Labute approximate surface area is 133 Å². The highest BCUT2D eigenvalue weighted by Crippen LogP contribution is 2.26. The lowest BCUT2D eigenvalue weighted by Crippen LogP contribution is -2.50. The predicted octanol–water partition coefficient (Wildman–Crippen LogP) is 3.67. The van der Waals surface area contributed by atoms with Gasteiger partial charge in [0.1, 0.15) is 11.4 Å². The third-order valence-corrected chi connectivity index (χ3v) is 4.16. The summed E-state index contributed by atoms with van der Waals surface area (Å²) in [6.07, 6.45) is 3.55. The minimum Gasteiger partial charge on any atom is -0.468 e. The Hall–Kier alpha value is -1.49. The molecule has 0 aromatic carbocycles. The summed E-state index contributed by atoms with van der Waals surface area (Å²) in [5.74, 6) is 0.973. The minimum absolute atomic E-state index is 0.181. The van der Waals surface area contributed by atoms with E-state index in [1.807, 2.05) is 40.0 Å². The molecule has 1 aliphatic heterocycles. The van der Waals surface area contributed by atoms with Crippen molar-refractivity contribution in [2.24, 2.45) is 0 Å². The van der Waals surface area contributed by atoms with Crippen LogP contribution in [0.1, 0.15) is 52.3 Å². The van der Waals surface area contributed by atoms with E-state index in [9.17, 15) is 4.79 Å². The average molecular weight is 308 g/mol. The molecule has 5 heteroatoms. The molecule has 1 aliphatic rings. The lowest BCUT2D eigenvalue weighted by molar-refractivity contribution is 0.00972. The number of hydrogen-bond donors (Lipinski definition) is 0. The van der Waals surface area contributed by atoms with Crippen LogP contribution in [0.25, 0.3) is 0 Å². The van der Waals surface area contributed by atoms with E-state index in [1.54, 1.807) is 11.2 Å². The van der Waals surface area contributed by atoms with Crippen molar-refractivity contribution in [2.75, 3.05) is 20.1 Å². The highest BCUT2D eigenvalue weighted by Gasteiger charge is 2.31. The van der Waals surface area contributed by atoms with Gasteiger partial charge in [-0.15, -0.1) is 0 Å². The Morgan fingerprint density at radius 2 is 2.23 bits per heavy atom. The molecular formula is C17H28N2O3. The van der Waals surface area contributed by atoms with E-state index in [-0.39, 0.29) is 18.2 Å². The first-order chi connectivity index (χ1) is 10.3. The van der Waals surface area contributed by atoms with Gasteiger partial charge in [-0.25, -0.2) is 4.79 Å². The predicted molar refractivity (Wildman–Crippen MR) is 85.7 cm³/mol. The van der Waals surface area contributed by atoms with E-state index >= 15 is 0 Å². The van der Waals surface area contributed by atoms with Crippen molar-refractivity contribution in [2.45, 2.75) is 58.2 Å². The van der Waals surface area contributed by atoms with Crippen LogP contribution < -0.4 is 0 Å².